The molecule has 5 nitrogen and oxygen atoms in total. The second kappa shape index (κ2) is 5.49. The SMILES string of the molecule is CCOC(=O)C(F)(SOOO)C(F)(F)F. The van der Waals surface area contributed by atoms with Gasteiger partial charge in [0.15, 0.2) is 0 Å². The zero-order valence-corrected chi connectivity index (χ0v) is 8.02. The summed E-state index contributed by atoms with van der Waals surface area (Å²) in [6, 6.07) is 0. The Kier molecular flexibility index (Phi) is 5.28. The van der Waals surface area contributed by atoms with Crippen LogP contribution in [-0.2, 0) is 18.9 Å². The first-order valence-corrected chi connectivity index (χ1v) is 4.12. The molecule has 10 heteroatoms. The van der Waals surface area contributed by atoms with Crippen molar-refractivity contribution in [1.82, 2.24) is 0 Å². The predicted octanol–water partition coefficient (Wildman–Crippen LogP) is 1.85. The van der Waals surface area contributed by atoms with Crippen LogP contribution in [0.25, 0.3) is 0 Å². The fourth-order valence-electron chi connectivity index (χ4n) is 0.483. The zero-order valence-electron chi connectivity index (χ0n) is 7.21. The molecular formula is C5H6F4O5S. The highest BCUT2D eigenvalue weighted by Crippen LogP contribution is 2.44. The fraction of sp³-hybridized carbons (Fsp3) is 0.800. The molecule has 1 atom stereocenters. The molecular weight excluding hydrogens is 248 g/mol. The van der Waals surface area contributed by atoms with E-state index in [2.05, 4.69) is 14.1 Å². The Morgan fingerprint density at radius 2 is 1.93 bits per heavy atom. The standard InChI is InChI=1S/C5H6F4O5S/c1-2-12-3(10)4(6,5(7,8)9)15-14-13-11/h11H,2H2,1H3. The highest BCUT2D eigenvalue weighted by Gasteiger charge is 2.65. The van der Waals surface area contributed by atoms with E-state index in [0.717, 1.165) is 0 Å². The minimum Gasteiger partial charge on any atom is -0.463 e. The van der Waals surface area contributed by atoms with Crippen LogP contribution < -0.4 is 0 Å². The lowest BCUT2D eigenvalue weighted by atomic mass is 10.4. The molecule has 0 aliphatic carbocycles. The molecule has 0 aromatic rings. The summed E-state index contributed by atoms with van der Waals surface area (Å²) < 4.78 is 56.5. The molecule has 0 saturated carbocycles. The molecule has 1 unspecified atom stereocenters. The van der Waals surface area contributed by atoms with Crippen LogP contribution in [0.15, 0.2) is 0 Å². The average Bonchev–Trinajstić information content (AvgIpc) is 2.12. The zero-order chi connectivity index (χ0) is 12.1. The summed E-state index contributed by atoms with van der Waals surface area (Å²) in [6.07, 6.45) is -5.57. The first-order chi connectivity index (χ1) is 6.79. The van der Waals surface area contributed by atoms with Crippen LogP contribution in [0.4, 0.5) is 17.6 Å². The van der Waals surface area contributed by atoms with E-state index in [9.17, 15) is 22.4 Å². The van der Waals surface area contributed by atoms with Crippen LogP contribution in [0.5, 0.6) is 0 Å². The van der Waals surface area contributed by atoms with Gasteiger partial charge in [-0.1, -0.05) is 5.04 Å². The van der Waals surface area contributed by atoms with E-state index in [1.54, 1.807) is 0 Å². The minimum atomic E-state index is -5.57. The molecule has 0 bridgehead atoms. The number of rotatable bonds is 5. The number of esters is 1. The Morgan fingerprint density at radius 1 is 1.40 bits per heavy atom. The molecule has 0 heterocycles. The molecule has 0 amide bonds. The highest BCUT2D eigenvalue weighted by molar-refractivity contribution is 7.96. The smallest absolute Gasteiger partial charge is 0.446 e. The van der Waals surface area contributed by atoms with Crippen LogP contribution in [0.2, 0.25) is 0 Å². The molecule has 0 aliphatic rings. The van der Waals surface area contributed by atoms with Crippen molar-refractivity contribution >= 4 is 18.0 Å². The van der Waals surface area contributed by atoms with E-state index in [1.807, 2.05) is 0 Å². The maximum absolute atomic E-state index is 13.1. The van der Waals surface area contributed by atoms with Crippen molar-refractivity contribution in [2.24, 2.45) is 0 Å². The van der Waals surface area contributed by atoms with Gasteiger partial charge < -0.3 is 4.74 Å². The molecule has 90 valence electrons. The van der Waals surface area contributed by atoms with Crippen LogP contribution >= 0.6 is 12.0 Å². The Balaban J connectivity index is 4.77. The number of carbonyl (C=O) groups excluding carboxylic acids is 1. The summed E-state index contributed by atoms with van der Waals surface area (Å²) in [5.74, 6) is -2.19. The first kappa shape index (κ1) is 14.4. The van der Waals surface area contributed by atoms with Crippen molar-refractivity contribution in [3.8, 4) is 0 Å². The normalized spacial score (nSPS) is 15.9. The third kappa shape index (κ3) is 3.48. The lowest BCUT2D eigenvalue weighted by Gasteiger charge is -2.22. The van der Waals surface area contributed by atoms with Gasteiger partial charge in [0, 0.05) is 0 Å². The lowest BCUT2D eigenvalue weighted by Crippen LogP contribution is -2.46. The Bertz CT molecular complexity index is 222. The predicted molar refractivity (Wildman–Crippen MR) is 38.9 cm³/mol. The van der Waals surface area contributed by atoms with Crippen molar-refractivity contribution < 1.29 is 41.7 Å². The monoisotopic (exact) mass is 254 g/mol. The van der Waals surface area contributed by atoms with Crippen molar-refractivity contribution in [2.75, 3.05) is 6.61 Å². The summed E-state index contributed by atoms with van der Waals surface area (Å²) in [4.78, 5) is 10.7. The number of hydrogen-bond acceptors (Lipinski definition) is 6. The summed E-state index contributed by atoms with van der Waals surface area (Å²) >= 11 is -1.06. The average molecular weight is 254 g/mol. The number of halogens is 4. The van der Waals surface area contributed by atoms with Gasteiger partial charge in [0.1, 0.15) is 0 Å². The Morgan fingerprint density at radius 3 is 2.27 bits per heavy atom. The van der Waals surface area contributed by atoms with Crippen LogP contribution in [0.3, 0.4) is 0 Å². The Hall–Kier alpha value is -0.580. The van der Waals surface area contributed by atoms with Crippen molar-refractivity contribution in [1.29, 1.82) is 0 Å². The minimum absolute atomic E-state index is 0.443. The second-order valence-electron chi connectivity index (χ2n) is 2.04. The van der Waals surface area contributed by atoms with E-state index in [4.69, 9.17) is 5.26 Å². The molecule has 0 fully saturated rings. The molecule has 0 radical (unpaired) electrons. The maximum atomic E-state index is 13.1. The number of alkyl halides is 4. The topological polar surface area (TPSA) is 65.0 Å². The van der Waals surface area contributed by atoms with Gasteiger partial charge in [-0.2, -0.15) is 13.2 Å². The van der Waals surface area contributed by atoms with Crippen LogP contribution in [0.1, 0.15) is 6.92 Å². The molecule has 0 rings (SSSR count). The van der Waals surface area contributed by atoms with E-state index in [1.165, 1.54) is 6.92 Å². The van der Waals surface area contributed by atoms with Gasteiger partial charge in [0.05, 0.1) is 18.6 Å². The molecule has 0 aromatic carbocycles. The highest BCUT2D eigenvalue weighted by atomic mass is 32.2. The van der Waals surface area contributed by atoms with E-state index in [0.29, 0.717) is 0 Å². The molecule has 0 aliphatic heterocycles. The van der Waals surface area contributed by atoms with Crippen LogP contribution in [0, 0.1) is 0 Å². The molecule has 0 saturated heterocycles. The summed E-state index contributed by atoms with van der Waals surface area (Å²) in [5.41, 5.74) is 0. The van der Waals surface area contributed by atoms with E-state index >= 15 is 0 Å². The van der Waals surface area contributed by atoms with Gasteiger partial charge >= 0.3 is 17.1 Å². The van der Waals surface area contributed by atoms with Crippen molar-refractivity contribution in [3.63, 3.8) is 0 Å². The third-order valence-corrected chi connectivity index (χ3v) is 1.84. The molecule has 0 aromatic heterocycles. The summed E-state index contributed by atoms with van der Waals surface area (Å²) in [5, 5.41) is 5.90. The summed E-state index contributed by atoms with van der Waals surface area (Å²) in [6.45, 7) is 0.754. The van der Waals surface area contributed by atoms with Crippen molar-refractivity contribution in [3.05, 3.63) is 0 Å². The maximum Gasteiger partial charge on any atom is 0.446 e. The summed E-state index contributed by atoms with van der Waals surface area (Å²) in [7, 11) is 0. The number of ether oxygens (including phenoxy) is 1. The Labute approximate surface area is 85.3 Å². The van der Waals surface area contributed by atoms with Gasteiger partial charge in [-0.25, -0.2) is 14.4 Å². The van der Waals surface area contributed by atoms with E-state index in [-0.39, 0.29) is 0 Å². The molecule has 0 spiro atoms. The number of hydrogen-bond donors (Lipinski definition) is 1. The van der Waals surface area contributed by atoms with Gasteiger partial charge in [0.25, 0.3) is 0 Å². The van der Waals surface area contributed by atoms with Gasteiger partial charge in [-0.05, 0) is 6.92 Å². The van der Waals surface area contributed by atoms with Gasteiger partial charge in [0.2, 0.25) is 0 Å². The fourth-order valence-corrected chi connectivity index (χ4v) is 0.829. The quantitative estimate of drug-likeness (QED) is 0.265. The molecule has 1 N–H and O–H groups in total. The lowest BCUT2D eigenvalue weighted by molar-refractivity contribution is -0.433. The largest absolute Gasteiger partial charge is 0.463 e. The first-order valence-electron chi connectivity index (χ1n) is 3.38. The molecule has 15 heavy (non-hydrogen) atoms. The second-order valence-corrected chi connectivity index (χ2v) is 2.90. The third-order valence-electron chi connectivity index (χ3n) is 1.08. The number of carbonyl (C=O) groups is 1. The van der Waals surface area contributed by atoms with Crippen LogP contribution in [-0.4, -0.2) is 29.0 Å². The van der Waals surface area contributed by atoms with E-state index < -0.39 is 35.8 Å². The van der Waals surface area contributed by atoms with Crippen molar-refractivity contribution in [2.45, 2.75) is 18.1 Å². The van der Waals surface area contributed by atoms with Gasteiger partial charge in [-0.3, -0.25) is 0 Å². The van der Waals surface area contributed by atoms with Gasteiger partial charge in [-0.15, -0.1) is 4.33 Å².